The lowest BCUT2D eigenvalue weighted by Gasteiger charge is -2.36. The lowest BCUT2D eigenvalue weighted by molar-refractivity contribution is 0.0900. The van der Waals surface area contributed by atoms with Crippen molar-refractivity contribution in [1.29, 1.82) is 0 Å². The molecule has 7 nitrogen and oxygen atoms in total. The van der Waals surface area contributed by atoms with Gasteiger partial charge in [-0.1, -0.05) is 19.1 Å². The zero-order valence-electron chi connectivity index (χ0n) is 15.7. The van der Waals surface area contributed by atoms with Crippen molar-refractivity contribution in [3.63, 3.8) is 0 Å². The van der Waals surface area contributed by atoms with Crippen molar-refractivity contribution in [2.75, 3.05) is 32.7 Å². The van der Waals surface area contributed by atoms with Crippen LogP contribution in [0.3, 0.4) is 0 Å². The monoisotopic (exact) mass is 348 g/mol. The summed E-state index contributed by atoms with van der Waals surface area (Å²) in [6.45, 7) is 11.8. The van der Waals surface area contributed by atoms with Gasteiger partial charge in [-0.2, -0.15) is 0 Å². The zero-order valence-corrected chi connectivity index (χ0v) is 15.7. The minimum atomic E-state index is -0.120. The standard InChI is InChI=1S/C18H32N6O/c1-13-8-14(2)10-23(9-13)11-15(3)20-18(25)17-12-24(22-21-17)16-4-6-19-7-5-16/h12-16,19H,4-11H2,1-3H3,(H,20,25). The van der Waals surface area contributed by atoms with Gasteiger partial charge in [-0.05, 0) is 51.1 Å². The van der Waals surface area contributed by atoms with Crippen LogP contribution in [0.4, 0.5) is 0 Å². The Labute approximate surface area is 150 Å². The Morgan fingerprint density at radius 2 is 2.00 bits per heavy atom. The molecule has 1 aromatic heterocycles. The number of hydrogen-bond donors (Lipinski definition) is 2. The van der Waals surface area contributed by atoms with E-state index in [-0.39, 0.29) is 11.9 Å². The van der Waals surface area contributed by atoms with Crippen molar-refractivity contribution < 1.29 is 4.79 Å². The van der Waals surface area contributed by atoms with E-state index in [1.54, 1.807) is 6.20 Å². The van der Waals surface area contributed by atoms with E-state index < -0.39 is 0 Å². The molecule has 0 aromatic carbocycles. The minimum absolute atomic E-state index is 0.106. The van der Waals surface area contributed by atoms with Gasteiger partial charge in [-0.15, -0.1) is 5.10 Å². The summed E-state index contributed by atoms with van der Waals surface area (Å²) in [6, 6.07) is 0.457. The van der Waals surface area contributed by atoms with Crippen LogP contribution in [-0.2, 0) is 0 Å². The first-order chi connectivity index (χ1) is 12.0. The number of hydrogen-bond acceptors (Lipinski definition) is 5. The number of carbonyl (C=O) groups is 1. The molecule has 0 saturated carbocycles. The van der Waals surface area contributed by atoms with Crippen molar-refractivity contribution in [2.24, 2.45) is 11.8 Å². The Bertz CT molecular complexity index is 558. The van der Waals surface area contributed by atoms with Crippen LogP contribution >= 0.6 is 0 Å². The Kier molecular flexibility index (Phi) is 6.06. The van der Waals surface area contributed by atoms with Crippen LogP contribution in [-0.4, -0.2) is 64.6 Å². The predicted molar refractivity (Wildman–Crippen MR) is 97.5 cm³/mol. The summed E-state index contributed by atoms with van der Waals surface area (Å²) >= 11 is 0. The maximum Gasteiger partial charge on any atom is 0.273 e. The molecule has 25 heavy (non-hydrogen) atoms. The second-order valence-electron chi connectivity index (χ2n) is 8.10. The van der Waals surface area contributed by atoms with E-state index in [1.807, 2.05) is 4.68 Å². The summed E-state index contributed by atoms with van der Waals surface area (Å²) in [4.78, 5) is 14.9. The number of rotatable bonds is 5. The molecule has 1 amide bonds. The molecule has 3 unspecified atom stereocenters. The largest absolute Gasteiger partial charge is 0.347 e. The van der Waals surface area contributed by atoms with Crippen molar-refractivity contribution in [3.05, 3.63) is 11.9 Å². The molecule has 7 heteroatoms. The summed E-state index contributed by atoms with van der Waals surface area (Å²) in [5, 5.41) is 14.7. The van der Waals surface area contributed by atoms with E-state index in [4.69, 9.17) is 0 Å². The van der Waals surface area contributed by atoms with E-state index in [2.05, 4.69) is 46.6 Å². The first-order valence-electron chi connectivity index (χ1n) is 9.67. The van der Waals surface area contributed by atoms with Crippen LogP contribution in [0.1, 0.15) is 56.6 Å². The molecular formula is C18H32N6O. The van der Waals surface area contributed by atoms with Crippen LogP contribution in [0, 0.1) is 11.8 Å². The molecule has 3 rings (SSSR count). The van der Waals surface area contributed by atoms with Gasteiger partial charge in [0.25, 0.3) is 5.91 Å². The third-order valence-corrected chi connectivity index (χ3v) is 5.28. The lowest BCUT2D eigenvalue weighted by Crippen LogP contribution is -2.47. The van der Waals surface area contributed by atoms with Gasteiger partial charge >= 0.3 is 0 Å². The Morgan fingerprint density at radius 1 is 1.32 bits per heavy atom. The van der Waals surface area contributed by atoms with Gasteiger partial charge in [0.05, 0.1) is 12.2 Å². The van der Waals surface area contributed by atoms with Crippen molar-refractivity contribution in [1.82, 2.24) is 30.5 Å². The van der Waals surface area contributed by atoms with Gasteiger partial charge in [0, 0.05) is 25.7 Å². The van der Waals surface area contributed by atoms with E-state index >= 15 is 0 Å². The lowest BCUT2D eigenvalue weighted by atomic mass is 9.92. The summed E-state index contributed by atoms with van der Waals surface area (Å²) < 4.78 is 1.86. The molecule has 2 aliphatic rings. The highest BCUT2D eigenvalue weighted by atomic mass is 16.2. The average Bonchev–Trinajstić information content (AvgIpc) is 3.04. The molecule has 140 valence electrons. The first kappa shape index (κ1) is 18.3. The van der Waals surface area contributed by atoms with Gasteiger partial charge in [0.15, 0.2) is 5.69 Å². The highest BCUT2D eigenvalue weighted by Crippen LogP contribution is 2.21. The quantitative estimate of drug-likeness (QED) is 0.839. The minimum Gasteiger partial charge on any atom is -0.347 e. The average molecular weight is 348 g/mol. The van der Waals surface area contributed by atoms with Crippen molar-refractivity contribution in [2.45, 2.75) is 52.1 Å². The maximum atomic E-state index is 12.5. The van der Waals surface area contributed by atoms with E-state index in [1.165, 1.54) is 6.42 Å². The zero-order chi connectivity index (χ0) is 17.8. The number of amides is 1. The molecule has 2 aliphatic heterocycles. The maximum absolute atomic E-state index is 12.5. The Hall–Kier alpha value is -1.47. The predicted octanol–water partition coefficient (Wildman–Crippen LogP) is 1.30. The molecule has 2 N–H and O–H groups in total. The molecule has 3 atom stereocenters. The van der Waals surface area contributed by atoms with E-state index in [9.17, 15) is 4.79 Å². The highest BCUT2D eigenvalue weighted by molar-refractivity contribution is 5.92. The molecule has 0 spiro atoms. The second kappa shape index (κ2) is 8.27. The first-order valence-corrected chi connectivity index (χ1v) is 9.67. The third-order valence-electron chi connectivity index (χ3n) is 5.28. The van der Waals surface area contributed by atoms with Crippen LogP contribution < -0.4 is 10.6 Å². The molecule has 3 heterocycles. The van der Waals surface area contributed by atoms with Crippen LogP contribution in [0.25, 0.3) is 0 Å². The number of piperidine rings is 2. The molecule has 1 aromatic rings. The molecule has 2 saturated heterocycles. The highest BCUT2D eigenvalue weighted by Gasteiger charge is 2.24. The van der Waals surface area contributed by atoms with Crippen LogP contribution in [0.15, 0.2) is 6.20 Å². The summed E-state index contributed by atoms with van der Waals surface area (Å²) in [7, 11) is 0. The van der Waals surface area contributed by atoms with E-state index in [0.29, 0.717) is 11.7 Å². The van der Waals surface area contributed by atoms with Crippen molar-refractivity contribution in [3.8, 4) is 0 Å². The fraction of sp³-hybridized carbons (Fsp3) is 0.833. The SMILES string of the molecule is CC1CC(C)CN(CC(C)NC(=O)c2cn(C3CCNCC3)nn2)C1. The van der Waals surface area contributed by atoms with Gasteiger partial charge in [0.1, 0.15) is 0 Å². The normalized spacial score (nSPS) is 27.2. The third kappa shape index (κ3) is 5.01. The number of aromatic nitrogens is 3. The fourth-order valence-corrected chi connectivity index (χ4v) is 4.30. The fourth-order valence-electron chi connectivity index (χ4n) is 4.30. The number of likely N-dealkylation sites (tertiary alicyclic amines) is 1. The van der Waals surface area contributed by atoms with Gasteiger partial charge in [-0.25, -0.2) is 4.68 Å². The van der Waals surface area contributed by atoms with Crippen molar-refractivity contribution >= 4 is 5.91 Å². The molecule has 0 aliphatic carbocycles. The summed E-state index contributed by atoms with van der Waals surface area (Å²) in [5.41, 5.74) is 0.422. The number of nitrogens with one attached hydrogen (secondary N) is 2. The number of carbonyl (C=O) groups excluding carboxylic acids is 1. The Morgan fingerprint density at radius 3 is 2.68 bits per heavy atom. The van der Waals surface area contributed by atoms with Crippen LogP contribution in [0.5, 0.6) is 0 Å². The molecule has 0 radical (unpaired) electrons. The second-order valence-corrected chi connectivity index (χ2v) is 8.10. The van der Waals surface area contributed by atoms with Crippen LogP contribution in [0.2, 0.25) is 0 Å². The molecule has 2 fully saturated rings. The van der Waals surface area contributed by atoms with Gasteiger partial charge < -0.3 is 15.5 Å². The summed E-state index contributed by atoms with van der Waals surface area (Å²) in [6.07, 6.45) is 5.17. The molecular weight excluding hydrogens is 316 g/mol. The summed E-state index contributed by atoms with van der Waals surface area (Å²) in [5.74, 6) is 1.35. The topological polar surface area (TPSA) is 75.1 Å². The van der Waals surface area contributed by atoms with Gasteiger partial charge in [0.2, 0.25) is 0 Å². The Balaban J connectivity index is 1.50. The van der Waals surface area contributed by atoms with Gasteiger partial charge in [-0.3, -0.25) is 4.79 Å². The number of nitrogens with zero attached hydrogens (tertiary/aromatic N) is 4. The smallest absolute Gasteiger partial charge is 0.273 e. The van der Waals surface area contributed by atoms with E-state index in [0.717, 1.165) is 57.4 Å². The molecule has 0 bridgehead atoms.